The van der Waals surface area contributed by atoms with E-state index in [1.54, 1.807) is 18.2 Å². The van der Waals surface area contributed by atoms with Gasteiger partial charge in [0, 0.05) is 26.6 Å². The molecule has 0 aromatic heterocycles. The van der Waals surface area contributed by atoms with E-state index in [4.69, 9.17) is 11.6 Å². The maximum atomic E-state index is 13.3. The van der Waals surface area contributed by atoms with E-state index in [9.17, 15) is 29.4 Å². The van der Waals surface area contributed by atoms with Crippen LogP contribution in [0.2, 0.25) is 5.02 Å². The summed E-state index contributed by atoms with van der Waals surface area (Å²) >= 11 is 12.9. The van der Waals surface area contributed by atoms with Gasteiger partial charge in [-0.2, -0.15) is 0 Å². The van der Waals surface area contributed by atoms with Gasteiger partial charge in [-0.1, -0.05) is 55.6 Å². The van der Waals surface area contributed by atoms with E-state index in [-0.39, 0.29) is 34.0 Å². The number of carbonyl (C=O) groups excluding carboxylic acids is 3. The highest BCUT2D eigenvalue weighted by atomic mass is 79.9. The number of carboxylic acids is 1. The summed E-state index contributed by atoms with van der Waals surface area (Å²) in [5.74, 6) is -3.42. The summed E-state index contributed by atoms with van der Waals surface area (Å²) in [5.41, 5.74) is 3.21. The lowest BCUT2D eigenvalue weighted by atomic mass is 10.1. The second-order valence-corrected chi connectivity index (χ2v) is 10.1. The van der Waals surface area contributed by atoms with Crippen molar-refractivity contribution in [1.29, 1.82) is 0 Å². The van der Waals surface area contributed by atoms with E-state index < -0.39 is 29.7 Å². The topological polar surface area (TPSA) is 136 Å². The molecule has 0 fully saturated rings. The summed E-state index contributed by atoms with van der Waals surface area (Å²) < 4.78 is 1.12. The molecule has 4 N–H and O–H groups in total. The number of aliphatic carboxylic acids is 1. The minimum atomic E-state index is -1.29. The Balaban J connectivity index is 1.85. The monoisotopic (exact) mass is 651 g/mol. The Morgan fingerprint density at radius 3 is 2.22 bits per heavy atom. The second kappa shape index (κ2) is 12.3. The number of halogens is 3. The fraction of sp³-hybridized carbons (Fsp3) is 0.120. The molecular weight excluding hydrogens is 634 g/mol. The number of amides is 3. The van der Waals surface area contributed by atoms with Crippen molar-refractivity contribution in [2.24, 2.45) is 0 Å². The van der Waals surface area contributed by atoms with Crippen molar-refractivity contribution in [1.82, 2.24) is 15.8 Å². The standard InChI is InChI=1S/C25H20Br2ClN3O6/c1-13(25(36)37)30-31(23(34)16-8-17(26)11-18(27)9-16)24(35)20-6-5-15(10-21(20)28)22(33)29-12-14-3-2-4-19(32)7-14/h2-11,13,30,32H,12H2,1H3,(H,29,33)(H,36,37)/t13-/m0/s1. The lowest BCUT2D eigenvalue weighted by molar-refractivity contribution is -0.139. The fourth-order valence-corrected chi connectivity index (χ4v) is 4.72. The minimum Gasteiger partial charge on any atom is -0.508 e. The molecule has 0 radical (unpaired) electrons. The van der Waals surface area contributed by atoms with Crippen molar-refractivity contribution < 1.29 is 29.4 Å². The van der Waals surface area contributed by atoms with Crippen LogP contribution in [0.25, 0.3) is 0 Å². The highest BCUT2D eigenvalue weighted by Gasteiger charge is 2.29. The summed E-state index contributed by atoms with van der Waals surface area (Å²) in [6.45, 7) is 1.42. The number of carboxylic acid groups (broad SMARTS) is 1. The van der Waals surface area contributed by atoms with Crippen molar-refractivity contribution in [3.05, 3.63) is 96.9 Å². The number of phenolic OH excluding ortho intramolecular Hbond substituents is 1. The molecule has 192 valence electrons. The molecule has 0 bridgehead atoms. The quantitative estimate of drug-likeness (QED) is 0.203. The number of nitrogens with one attached hydrogen (secondary N) is 2. The Labute approximate surface area is 233 Å². The van der Waals surface area contributed by atoms with Gasteiger partial charge in [-0.15, -0.1) is 0 Å². The summed E-state index contributed by atoms with van der Waals surface area (Å²) in [5, 5.41) is 22.0. The number of aromatic hydroxyl groups is 1. The minimum absolute atomic E-state index is 0.0674. The van der Waals surface area contributed by atoms with Crippen LogP contribution >= 0.6 is 43.5 Å². The Kier molecular flexibility index (Phi) is 9.44. The molecule has 0 heterocycles. The number of hydrazine groups is 1. The fourth-order valence-electron chi connectivity index (χ4n) is 3.17. The van der Waals surface area contributed by atoms with Crippen molar-refractivity contribution in [3.63, 3.8) is 0 Å². The van der Waals surface area contributed by atoms with E-state index in [2.05, 4.69) is 42.6 Å². The maximum absolute atomic E-state index is 13.3. The molecule has 0 saturated carbocycles. The van der Waals surface area contributed by atoms with Crippen LogP contribution in [0.5, 0.6) is 5.75 Å². The predicted octanol–water partition coefficient (Wildman–Crippen LogP) is 4.76. The number of imide groups is 1. The van der Waals surface area contributed by atoms with E-state index in [0.29, 0.717) is 19.5 Å². The Morgan fingerprint density at radius 1 is 0.946 bits per heavy atom. The molecule has 0 aliphatic heterocycles. The third-order valence-corrected chi connectivity index (χ3v) is 6.26. The van der Waals surface area contributed by atoms with E-state index >= 15 is 0 Å². The normalized spacial score (nSPS) is 11.5. The van der Waals surface area contributed by atoms with Gasteiger partial charge in [-0.25, -0.2) is 10.4 Å². The predicted molar refractivity (Wildman–Crippen MR) is 143 cm³/mol. The van der Waals surface area contributed by atoms with Crippen molar-refractivity contribution >= 4 is 67.2 Å². The van der Waals surface area contributed by atoms with Crippen molar-refractivity contribution in [2.75, 3.05) is 0 Å². The average Bonchev–Trinajstić information content (AvgIpc) is 2.84. The SMILES string of the molecule is C[C@H](NN(C(=O)c1cc(Br)cc(Br)c1)C(=O)c1ccc(C(=O)NCc2cccc(O)c2)cc1Cl)C(=O)O. The third-order valence-electron chi connectivity index (χ3n) is 5.03. The molecular formula is C25H20Br2ClN3O6. The Bertz CT molecular complexity index is 1360. The van der Waals surface area contributed by atoms with Crippen LogP contribution in [0, 0.1) is 0 Å². The van der Waals surface area contributed by atoms with Gasteiger partial charge < -0.3 is 15.5 Å². The first-order valence-corrected chi connectivity index (χ1v) is 12.6. The zero-order chi connectivity index (χ0) is 27.3. The van der Waals surface area contributed by atoms with Crippen LogP contribution in [0.3, 0.4) is 0 Å². The number of nitrogens with zero attached hydrogens (tertiary/aromatic N) is 1. The number of benzene rings is 3. The van der Waals surface area contributed by atoms with Crippen LogP contribution in [-0.2, 0) is 11.3 Å². The maximum Gasteiger partial charge on any atom is 0.322 e. The van der Waals surface area contributed by atoms with Gasteiger partial charge in [-0.05, 0) is 61.0 Å². The van der Waals surface area contributed by atoms with Gasteiger partial charge in [0.2, 0.25) is 0 Å². The van der Waals surface area contributed by atoms with Crippen LogP contribution in [0.15, 0.2) is 69.6 Å². The average molecular weight is 654 g/mol. The molecule has 3 aromatic rings. The number of hydrogen-bond donors (Lipinski definition) is 4. The summed E-state index contributed by atoms with van der Waals surface area (Å²) in [6, 6.07) is 13.7. The largest absolute Gasteiger partial charge is 0.508 e. The molecule has 9 nitrogen and oxygen atoms in total. The molecule has 3 amide bonds. The zero-order valence-electron chi connectivity index (χ0n) is 19.2. The van der Waals surface area contributed by atoms with Crippen molar-refractivity contribution in [2.45, 2.75) is 19.5 Å². The zero-order valence-corrected chi connectivity index (χ0v) is 23.1. The molecule has 1 atom stereocenters. The van der Waals surface area contributed by atoms with Gasteiger partial charge in [0.25, 0.3) is 17.7 Å². The number of phenols is 1. The summed E-state index contributed by atoms with van der Waals surface area (Å²) in [4.78, 5) is 50.6. The molecule has 12 heteroatoms. The van der Waals surface area contributed by atoms with Gasteiger partial charge >= 0.3 is 5.97 Å². The number of hydrogen-bond acceptors (Lipinski definition) is 6. The van der Waals surface area contributed by atoms with E-state index in [1.165, 1.54) is 49.4 Å². The smallest absolute Gasteiger partial charge is 0.322 e. The first-order valence-electron chi connectivity index (χ1n) is 10.7. The first kappa shape index (κ1) is 28.3. The number of rotatable bonds is 8. The molecule has 3 aromatic carbocycles. The molecule has 0 aliphatic rings. The van der Waals surface area contributed by atoms with Crippen LogP contribution < -0.4 is 10.7 Å². The molecule has 0 unspecified atom stereocenters. The lowest BCUT2D eigenvalue weighted by Crippen LogP contribution is -2.53. The molecule has 0 spiro atoms. The highest BCUT2D eigenvalue weighted by molar-refractivity contribution is 9.11. The third kappa shape index (κ3) is 7.39. The molecule has 37 heavy (non-hydrogen) atoms. The van der Waals surface area contributed by atoms with Gasteiger partial charge in [-0.3, -0.25) is 19.2 Å². The van der Waals surface area contributed by atoms with Crippen molar-refractivity contribution in [3.8, 4) is 5.75 Å². The molecule has 0 saturated heterocycles. The molecule has 3 rings (SSSR count). The van der Waals surface area contributed by atoms with E-state index in [0.717, 1.165) is 0 Å². The van der Waals surface area contributed by atoms with Gasteiger partial charge in [0.15, 0.2) is 0 Å². The summed E-state index contributed by atoms with van der Waals surface area (Å²) in [6.07, 6.45) is 0. The summed E-state index contributed by atoms with van der Waals surface area (Å²) in [7, 11) is 0. The lowest BCUT2D eigenvalue weighted by Gasteiger charge is -2.24. The van der Waals surface area contributed by atoms with Crippen LogP contribution in [0.1, 0.15) is 43.6 Å². The van der Waals surface area contributed by atoms with E-state index in [1.807, 2.05) is 0 Å². The first-order chi connectivity index (χ1) is 17.5. The van der Waals surface area contributed by atoms with Gasteiger partial charge in [0.1, 0.15) is 11.8 Å². The highest BCUT2D eigenvalue weighted by Crippen LogP contribution is 2.24. The van der Waals surface area contributed by atoms with Crippen LogP contribution in [-0.4, -0.2) is 45.0 Å². The Morgan fingerprint density at radius 2 is 1.62 bits per heavy atom. The van der Waals surface area contributed by atoms with Crippen LogP contribution in [0.4, 0.5) is 0 Å². The molecule has 0 aliphatic carbocycles. The second-order valence-electron chi connectivity index (χ2n) is 7.84. The van der Waals surface area contributed by atoms with Gasteiger partial charge in [0.05, 0.1) is 10.6 Å². The number of carbonyl (C=O) groups is 4. The Hall–Kier alpha value is -3.25.